The molecule has 1 aromatic rings. The summed E-state index contributed by atoms with van der Waals surface area (Å²) in [6.07, 6.45) is -5.47. The number of thiocarbonyl (C=S) groups is 1. The summed E-state index contributed by atoms with van der Waals surface area (Å²) >= 11 is 4.91. The molecule has 0 aliphatic heterocycles. The molecule has 0 radical (unpaired) electrons. The van der Waals surface area contributed by atoms with Crippen LogP contribution in [0.15, 0.2) is 24.3 Å². The van der Waals surface area contributed by atoms with Gasteiger partial charge in [0, 0.05) is 5.69 Å². The molecule has 0 unspecified atom stereocenters. The molecule has 3 N–H and O–H groups in total. The Hall–Kier alpha value is -2.23. The number of hydrogen-bond donors (Lipinski definition) is 3. The van der Waals surface area contributed by atoms with Crippen molar-refractivity contribution in [2.45, 2.75) is 32.7 Å². The highest BCUT2D eigenvalue weighted by molar-refractivity contribution is 7.80. The number of halogens is 3. The monoisotopic (exact) mass is 351 g/mol. The molecule has 1 rings (SSSR count). The van der Waals surface area contributed by atoms with Gasteiger partial charge in [-0.05, 0) is 57.3 Å². The SMILES string of the molecule is CC(C)(C)OC(=O)NNC(=S)Nc1ccc(OC(F)(F)F)cc1. The Balaban J connectivity index is 2.44. The molecule has 0 aliphatic carbocycles. The summed E-state index contributed by atoms with van der Waals surface area (Å²) in [5.41, 5.74) is 4.35. The average Bonchev–Trinajstić information content (AvgIpc) is 2.35. The fourth-order valence-electron chi connectivity index (χ4n) is 1.31. The summed E-state index contributed by atoms with van der Waals surface area (Å²) in [6, 6.07) is 4.92. The van der Waals surface area contributed by atoms with E-state index in [9.17, 15) is 18.0 Å². The maximum Gasteiger partial charge on any atom is 0.573 e. The lowest BCUT2D eigenvalue weighted by Gasteiger charge is -2.20. The van der Waals surface area contributed by atoms with E-state index < -0.39 is 18.1 Å². The van der Waals surface area contributed by atoms with Crippen LogP contribution in [0.1, 0.15) is 20.8 Å². The minimum atomic E-state index is -4.75. The van der Waals surface area contributed by atoms with E-state index in [1.54, 1.807) is 20.8 Å². The van der Waals surface area contributed by atoms with Crippen molar-refractivity contribution in [2.75, 3.05) is 5.32 Å². The van der Waals surface area contributed by atoms with Gasteiger partial charge in [-0.1, -0.05) is 0 Å². The average molecular weight is 351 g/mol. The number of alkyl halides is 3. The van der Waals surface area contributed by atoms with Crippen LogP contribution in [-0.4, -0.2) is 23.2 Å². The highest BCUT2D eigenvalue weighted by atomic mass is 32.1. The number of rotatable bonds is 2. The van der Waals surface area contributed by atoms with Crippen LogP contribution in [0.2, 0.25) is 0 Å². The van der Waals surface area contributed by atoms with E-state index in [4.69, 9.17) is 17.0 Å². The lowest BCUT2D eigenvalue weighted by molar-refractivity contribution is -0.274. The molecule has 0 bridgehead atoms. The number of amides is 1. The van der Waals surface area contributed by atoms with Crippen LogP contribution in [-0.2, 0) is 4.74 Å². The van der Waals surface area contributed by atoms with Crippen molar-refractivity contribution < 1.29 is 27.4 Å². The van der Waals surface area contributed by atoms with Crippen molar-refractivity contribution in [3.8, 4) is 5.75 Å². The Morgan fingerprint density at radius 2 is 1.65 bits per heavy atom. The molecule has 0 saturated carbocycles. The Kier molecular flexibility index (Phi) is 6.02. The summed E-state index contributed by atoms with van der Waals surface area (Å²) in [4.78, 5) is 11.4. The number of carbonyl (C=O) groups is 1. The first-order valence-corrected chi connectivity index (χ1v) is 6.77. The van der Waals surface area contributed by atoms with Crippen LogP contribution in [0, 0.1) is 0 Å². The molecule has 23 heavy (non-hydrogen) atoms. The number of hydrazine groups is 1. The molecule has 6 nitrogen and oxygen atoms in total. The van der Waals surface area contributed by atoms with Gasteiger partial charge in [0.25, 0.3) is 0 Å². The van der Waals surface area contributed by atoms with Crippen LogP contribution >= 0.6 is 12.2 Å². The largest absolute Gasteiger partial charge is 0.573 e. The molecular formula is C13H16F3N3O3S. The van der Waals surface area contributed by atoms with Crippen molar-refractivity contribution in [3.05, 3.63) is 24.3 Å². The minimum Gasteiger partial charge on any atom is -0.443 e. The molecule has 0 aromatic heterocycles. The molecule has 10 heteroatoms. The number of nitrogens with one attached hydrogen (secondary N) is 3. The number of hydrogen-bond acceptors (Lipinski definition) is 4. The van der Waals surface area contributed by atoms with E-state index in [0.29, 0.717) is 5.69 Å². The zero-order valence-electron chi connectivity index (χ0n) is 12.6. The second-order valence-corrected chi connectivity index (χ2v) is 5.69. The van der Waals surface area contributed by atoms with Crippen molar-refractivity contribution in [3.63, 3.8) is 0 Å². The van der Waals surface area contributed by atoms with Crippen LogP contribution in [0.4, 0.5) is 23.7 Å². The second-order valence-electron chi connectivity index (χ2n) is 5.28. The molecule has 0 aliphatic rings. The third kappa shape index (κ3) is 8.71. The predicted octanol–water partition coefficient (Wildman–Crippen LogP) is 3.31. The number of anilines is 1. The van der Waals surface area contributed by atoms with Crippen molar-refractivity contribution in [1.29, 1.82) is 0 Å². The summed E-state index contributed by atoms with van der Waals surface area (Å²) in [7, 11) is 0. The number of benzene rings is 1. The van der Waals surface area contributed by atoms with Crippen LogP contribution in [0.5, 0.6) is 5.75 Å². The maximum atomic E-state index is 12.0. The number of carbonyl (C=O) groups excluding carboxylic acids is 1. The normalized spacial score (nSPS) is 11.4. The van der Waals surface area contributed by atoms with E-state index in [0.717, 1.165) is 12.1 Å². The molecule has 0 fully saturated rings. The van der Waals surface area contributed by atoms with Crippen molar-refractivity contribution in [2.24, 2.45) is 0 Å². The van der Waals surface area contributed by atoms with Gasteiger partial charge in [-0.15, -0.1) is 13.2 Å². The fraction of sp³-hybridized carbons (Fsp3) is 0.385. The molecule has 1 aromatic carbocycles. The first-order valence-electron chi connectivity index (χ1n) is 6.36. The standard InChI is InChI=1S/C13H16F3N3O3S/c1-12(2,3)22-11(20)19-18-10(23)17-8-4-6-9(7-5-8)21-13(14,15)16/h4-7H,1-3H3,(H,19,20)(H2,17,18,23). The van der Waals surface area contributed by atoms with Crippen molar-refractivity contribution >= 4 is 29.1 Å². The van der Waals surface area contributed by atoms with E-state index in [-0.39, 0.29) is 10.9 Å². The summed E-state index contributed by atoms with van der Waals surface area (Å²) in [6.45, 7) is 5.11. The predicted molar refractivity (Wildman–Crippen MR) is 81.9 cm³/mol. The quantitative estimate of drug-likeness (QED) is 0.561. The van der Waals surface area contributed by atoms with Crippen molar-refractivity contribution in [1.82, 2.24) is 10.9 Å². The first-order chi connectivity index (χ1) is 10.4. The van der Waals surface area contributed by atoms with Gasteiger partial charge in [0.15, 0.2) is 5.11 Å². The summed E-state index contributed by atoms with van der Waals surface area (Å²) in [5.74, 6) is -0.353. The Morgan fingerprint density at radius 3 is 2.13 bits per heavy atom. The Labute approximate surface area is 136 Å². The van der Waals surface area contributed by atoms with Crippen LogP contribution < -0.4 is 20.9 Å². The third-order valence-corrected chi connectivity index (χ3v) is 2.23. The molecule has 1 amide bonds. The molecule has 0 spiro atoms. The number of ether oxygens (including phenoxy) is 2. The van der Waals surface area contributed by atoms with E-state index in [2.05, 4.69) is 20.9 Å². The Bertz CT molecular complexity index is 556. The molecule has 0 heterocycles. The van der Waals surface area contributed by atoms with Crippen LogP contribution in [0.3, 0.4) is 0 Å². The Morgan fingerprint density at radius 1 is 1.09 bits per heavy atom. The maximum absolute atomic E-state index is 12.0. The second kappa shape index (κ2) is 7.36. The van der Waals surface area contributed by atoms with E-state index in [1.165, 1.54) is 12.1 Å². The summed E-state index contributed by atoms with van der Waals surface area (Å²) in [5, 5.41) is 2.69. The minimum absolute atomic E-state index is 0.0281. The lowest BCUT2D eigenvalue weighted by atomic mass is 10.2. The van der Waals surface area contributed by atoms with Gasteiger partial charge in [0.1, 0.15) is 11.4 Å². The fourth-order valence-corrected chi connectivity index (χ4v) is 1.48. The highest BCUT2D eigenvalue weighted by Crippen LogP contribution is 2.23. The molecule has 0 atom stereocenters. The van der Waals surface area contributed by atoms with E-state index >= 15 is 0 Å². The smallest absolute Gasteiger partial charge is 0.443 e. The zero-order valence-corrected chi connectivity index (χ0v) is 13.4. The topological polar surface area (TPSA) is 71.6 Å². The lowest BCUT2D eigenvalue weighted by Crippen LogP contribution is -2.45. The van der Waals surface area contributed by atoms with Gasteiger partial charge in [0.2, 0.25) is 0 Å². The first kappa shape index (κ1) is 18.8. The highest BCUT2D eigenvalue weighted by Gasteiger charge is 2.30. The van der Waals surface area contributed by atoms with Gasteiger partial charge in [-0.25, -0.2) is 10.2 Å². The van der Waals surface area contributed by atoms with Gasteiger partial charge < -0.3 is 14.8 Å². The van der Waals surface area contributed by atoms with Gasteiger partial charge in [-0.2, -0.15) is 0 Å². The molecule has 128 valence electrons. The third-order valence-electron chi connectivity index (χ3n) is 2.02. The van der Waals surface area contributed by atoms with Crippen LogP contribution in [0.25, 0.3) is 0 Å². The van der Waals surface area contributed by atoms with Gasteiger partial charge in [0.05, 0.1) is 0 Å². The summed E-state index contributed by atoms with van der Waals surface area (Å²) < 4.78 is 44.8. The van der Waals surface area contributed by atoms with Gasteiger partial charge >= 0.3 is 12.5 Å². The van der Waals surface area contributed by atoms with E-state index in [1.807, 2.05) is 0 Å². The molecule has 0 saturated heterocycles. The zero-order chi connectivity index (χ0) is 17.7. The van der Waals surface area contributed by atoms with Gasteiger partial charge in [-0.3, -0.25) is 5.43 Å². The molecular weight excluding hydrogens is 335 g/mol.